The SMILES string of the molecule is COC(C)CC(Cc1ccc(Br)cc1)C(=O)O. The molecule has 1 rings (SSSR count). The predicted octanol–water partition coefficient (Wildman–Crippen LogP) is 3.12. The number of methoxy groups -OCH3 is 1. The lowest BCUT2D eigenvalue weighted by atomic mass is 9.94. The fourth-order valence-electron chi connectivity index (χ4n) is 1.67. The predicted molar refractivity (Wildman–Crippen MR) is 70.1 cm³/mol. The van der Waals surface area contributed by atoms with Gasteiger partial charge in [-0.25, -0.2) is 0 Å². The molecule has 0 aliphatic rings. The zero-order chi connectivity index (χ0) is 12.8. The number of benzene rings is 1. The molecule has 17 heavy (non-hydrogen) atoms. The maximum Gasteiger partial charge on any atom is 0.306 e. The summed E-state index contributed by atoms with van der Waals surface area (Å²) in [7, 11) is 1.60. The number of carboxylic acid groups (broad SMARTS) is 1. The molecular formula is C13H17BrO3. The van der Waals surface area contributed by atoms with Gasteiger partial charge in [0.15, 0.2) is 0 Å². The first-order chi connectivity index (χ1) is 8.02. The van der Waals surface area contributed by atoms with E-state index in [4.69, 9.17) is 9.84 Å². The van der Waals surface area contributed by atoms with Crippen LogP contribution < -0.4 is 0 Å². The van der Waals surface area contributed by atoms with Crippen molar-refractivity contribution < 1.29 is 14.6 Å². The Labute approximate surface area is 110 Å². The first kappa shape index (κ1) is 14.2. The van der Waals surface area contributed by atoms with E-state index in [2.05, 4.69) is 15.9 Å². The summed E-state index contributed by atoms with van der Waals surface area (Å²) in [5.41, 5.74) is 1.03. The first-order valence-electron chi connectivity index (χ1n) is 5.53. The van der Waals surface area contributed by atoms with Crippen LogP contribution in [0, 0.1) is 5.92 Å². The number of aliphatic carboxylic acids is 1. The van der Waals surface area contributed by atoms with Crippen LogP contribution in [-0.2, 0) is 16.0 Å². The fourth-order valence-corrected chi connectivity index (χ4v) is 1.94. The zero-order valence-electron chi connectivity index (χ0n) is 10.0. The van der Waals surface area contributed by atoms with Crippen LogP contribution in [0.2, 0.25) is 0 Å². The Morgan fingerprint density at radius 1 is 1.41 bits per heavy atom. The van der Waals surface area contributed by atoms with Crippen LogP contribution in [0.25, 0.3) is 0 Å². The summed E-state index contributed by atoms with van der Waals surface area (Å²) >= 11 is 3.36. The number of hydrogen-bond acceptors (Lipinski definition) is 2. The van der Waals surface area contributed by atoms with Gasteiger partial charge in [0, 0.05) is 11.6 Å². The summed E-state index contributed by atoms with van der Waals surface area (Å²) < 4.78 is 6.12. The van der Waals surface area contributed by atoms with Crippen LogP contribution in [0.5, 0.6) is 0 Å². The second-order valence-corrected chi connectivity index (χ2v) is 5.06. The Balaban J connectivity index is 2.66. The quantitative estimate of drug-likeness (QED) is 0.878. The highest BCUT2D eigenvalue weighted by molar-refractivity contribution is 9.10. The highest BCUT2D eigenvalue weighted by atomic mass is 79.9. The van der Waals surface area contributed by atoms with Crippen LogP contribution in [0.3, 0.4) is 0 Å². The molecular weight excluding hydrogens is 284 g/mol. The van der Waals surface area contributed by atoms with Gasteiger partial charge in [0.2, 0.25) is 0 Å². The highest BCUT2D eigenvalue weighted by Gasteiger charge is 2.20. The topological polar surface area (TPSA) is 46.5 Å². The van der Waals surface area contributed by atoms with Crippen molar-refractivity contribution in [3.63, 3.8) is 0 Å². The van der Waals surface area contributed by atoms with E-state index in [1.807, 2.05) is 31.2 Å². The second kappa shape index (κ2) is 6.77. The molecule has 2 unspecified atom stereocenters. The van der Waals surface area contributed by atoms with Gasteiger partial charge < -0.3 is 9.84 Å². The lowest BCUT2D eigenvalue weighted by molar-refractivity contribution is -0.142. The molecule has 0 aliphatic carbocycles. The third kappa shape index (κ3) is 4.88. The van der Waals surface area contributed by atoms with Crippen LogP contribution in [-0.4, -0.2) is 24.3 Å². The maximum atomic E-state index is 11.2. The van der Waals surface area contributed by atoms with Gasteiger partial charge in [-0.05, 0) is 37.5 Å². The number of hydrogen-bond donors (Lipinski definition) is 1. The second-order valence-electron chi connectivity index (χ2n) is 4.15. The third-order valence-electron chi connectivity index (χ3n) is 2.76. The summed E-state index contributed by atoms with van der Waals surface area (Å²) in [6.07, 6.45) is 1.03. The number of carbonyl (C=O) groups is 1. The Morgan fingerprint density at radius 3 is 2.47 bits per heavy atom. The van der Waals surface area contributed by atoms with E-state index in [9.17, 15) is 4.79 Å². The van der Waals surface area contributed by atoms with Crippen molar-refractivity contribution in [2.75, 3.05) is 7.11 Å². The van der Waals surface area contributed by atoms with E-state index >= 15 is 0 Å². The summed E-state index contributed by atoms with van der Waals surface area (Å²) in [5, 5.41) is 9.17. The van der Waals surface area contributed by atoms with Crippen LogP contribution in [0.1, 0.15) is 18.9 Å². The van der Waals surface area contributed by atoms with Crippen molar-refractivity contribution in [1.82, 2.24) is 0 Å². The normalized spacial score (nSPS) is 14.3. The van der Waals surface area contributed by atoms with Crippen LogP contribution >= 0.6 is 15.9 Å². The third-order valence-corrected chi connectivity index (χ3v) is 3.29. The molecule has 0 heterocycles. The zero-order valence-corrected chi connectivity index (χ0v) is 11.6. The standard InChI is InChI=1S/C13H17BrO3/c1-9(17-2)7-11(13(15)16)8-10-3-5-12(14)6-4-10/h3-6,9,11H,7-8H2,1-2H3,(H,15,16). The molecule has 0 bridgehead atoms. The van der Waals surface area contributed by atoms with Crippen molar-refractivity contribution in [1.29, 1.82) is 0 Å². The monoisotopic (exact) mass is 300 g/mol. The number of halogens is 1. The molecule has 4 heteroatoms. The van der Waals surface area contributed by atoms with Crippen molar-refractivity contribution in [2.24, 2.45) is 5.92 Å². The molecule has 0 saturated heterocycles. The van der Waals surface area contributed by atoms with Gasteiger partial charge in [0.1, 0.15) is 0 Å². The molecule has 0 aromatic heterocycles. The Kier molecular flexibility index (Phi) is 5.65. The van der Waals surface area contributed by atoms with E-state index < -0.39 is 11.9 Å². The largest absolute Gasteiger partial charge is 0.481 e. The van der Waals surface area contributed by atoms with Gasteiger partial charge in [-0.2, -0.15) is 0 Å². The smallest absolute Gasteiger partial charge is 0.306 e. The highest BCUT2D eigenvalue weighted by Crippen LogP contribution is 2.18. The van der Waals surface area contributed by atoms with Gasteiger partial charge in [-0.3, -0.25) is 4.79 Å². The minimum atomic E-state index is -0.767. The minimum absolute atomic E-state index is 0.0356. The number of rotatable bonds is 6. The maximum absolute atomic E-state index is 11.2. The molecule has 0 amide bonds. The Morgan fingerprint density at radius 2 is 2.00 bits per heavy atom. The van der Waals surface area contributed by atoms with Crippen molar-refractivity contribution in [3.8, 4) is 0 Å². The molecule has 1 aromatic carbocycles. The molecule has 0 saturated carbocycles. The summed E-state index contributed by atoms with van der Waals surface area (Å²) in [6, 6.07) is 7.73. The molecule has 0 fully saturated rings. The number of carboxylic acids is 1. The lowest BCUT2D eigenvalue weighted by Gasteiger charge is -2.16. The van der Waals surface area contributed by atoms with E-state index in [0.717, 1.165) is 10.0 Å². The van der Waals surface area contributed by atoms with Gasteiger partial charge in [0.05, 0.1) is 12.0 Å². The van der Waals surface area contributed by atoms with Gasteiger partial charge >= 0.3 is 5.97 Å². The van der Waals surface area contributed by atoms with Gasteiger partial charge in [0.25, 0.3) is 0 Å². The van der Waals surface area contributed by atoms with E-state index in [-0.39, 0.29) is 6.10 Å². The Bertz CT molecular complexity index is 361. The molecule has 3 nitrogen and oxygen atoms in total. The summed E-state index contributed by atoms with van der Waals surface area (Å²) in [5.74, 6) is -1.16. The molecule has 1 aromatic rings. The average molecular weight is 301 g/mol. The van der Waals surface area contributed by atoms with Crippen molar-refractivity contribution in [2.45, 2.75) is 25.9 Å². The minimum Gasteiger partial charge on any atom is -0.481 e. The molecule has 0 aliphatic heterocycles. The van der Waals surface area contributed by atoms with E-state index in [0.29, 0.717) is 12.8 Å². The first-order valence-corrected chi connectivity index (χ1v) is 6.32. The van der Waals surface area contributed by atoms with Crippen molar-refractivity contribution in [3.05, 3.63) is 34.3 Å². The van der Waals surface area contributed by atoms with Gasteiger partial charge in [-0.15, -0.1) is 0 Å². The lowest BCUT2D eigenvalue weighted by Crippen LogP contribution is -2.22. The molecule has 0 spiro atoms. The van der Waals surface area contributed by atoms with Crippen molar-refractivity contribution >= 4 is 21.9 Å². The fraction of sp³-hybridized carbons (Fsp3) is 0.462. The summed E-state index contributed by atoms with van der Waals surface area (Å²) in [6.45, 7) is 1.89. The number of ether oxygens (including phenoxy) is 1. The molecule has 2 atom stereocenters. The van der Waals surface area contributed by atoms with Crippen LogP contribution in [0.4, 0.5) is 0 Å². The summed E-state index contributed by atoms with van der Waals surface area (Å²) in [4.78, 5) is 11.2. The Hall–Kier alpha value is -0.870. The van der Waals surface area contributed by atoms with E-state index in [1.54, 1.807) is 7.11 Å². The van der Waals surface area contributed by atoms with Crippen LogP contribution in [0.15, 0.2) is 28.7 Å². The van der Waals surface area contributed by atoms with Gasteiger partial charge in [-0.1, -0.05) is 28.1 Å². The molecule has 0 radical (unpaired) electrons. The van der Waals surface area contributed by atoms with E-state index in [1.165, 1.54) is 0 Å². The molecule has 1 N–H and O–H groups in total. The average Bonchev–Trinajstić information content (AvgIpc) is 2.30. The molecule has 94 valence electrons.